The number of aromatic nitrogens is 5. The van der Waals surface area contributed by atoms with E-state index in [2.05, 4.69) is 139 Å². The zero-order valence-electron chi connectivity index (χ0n) is 23.9. The number of hydrogen-bond acceptors (Lipinski definition) is 4. The molecule has 6 heteroatoms. The third-order valence-corrected chi connectivity index (χ3v) is 8.98. The Balaban J connectivity index is 1.21. The SMILES string of the molecule is c1ccc2c(c1)oc1cccc(-n3c4ccccc4c4cc(-c5ccc6c(c5)c5ccccc5n6-c5ncncn5)ccc43)c12. The molecule has 0 N–H and O–H groups in total. The molecule has 0 fully saturated rings. The zero-order chi connectivity index (χ0) is 29.5. The number of fused-ring (bicyclic) bond motifs is 9. The Morgan fingerprint density at radius 2 is 1.00 bits per heavy atom. The molecular formula is C39H23N5O. The molecule has 4 heterocycles. The summed E-state index contributed by atoms with van der Waals surface area (Å²) in [5.41, 5.74) is 9.67. The molecule has 0 saturated carbocycles. The van der Waals surface area contributed by atoms with Crippen LogP contribution in [0, 0.1) is 0 Å². The third-order valence-electron chi connectivity index (χ3n) is 8.98. The van der Waals surface area contributed by atoms with Crippen molar-refractivity contribution in [2.75, 3.05) is 0 Å². The normalized spacial score (nSPS) is 12.0. The van der Waals surface area contributed by atoms with Gasteiger partial charge in [0, 0.05) is 26.9 Å². The summed E-state index contributed by atoms with van der Waals surface area (Å²) in [5, 5.41) is 6.99. The molecule has 45 heavy (non-hydrogen) atoms. The van der Waals surface area contributed by atoms with E-state index in [1.54, 1.807) is 12.7 Å². The second-order valence-electron chi connectivity index (χ2n) is 11.4. The van der Waals surface area contributed by atoms with Crippen molar-refractivity contribution in [1.82, 2.24) is 24.1 Å². The van der Waals surface area contributed by atoms with Crippen molar-refractivity contribution in [3.63, 3.8) is 0 Å². The Morgan fingerprint density at radius 1 is 0.444 bits per heavy atom. The van der Waals surface area contributed by atoms with Crippen LogP contribution >= 0.6 is 0 Å². The van der Waals surface area contributed by atoms with Crippen molar-refractivity contribution in [2.24, 2.45) is 0 Å². The average molecular weight is 578 g/mol. The van der Waals surface area contributed by atoms with E-state index in [4.69, 9.17) is 4.42 Å². The lowest BCUT2D eigenvalue weighted by atomic mass is 10.0. The Kier molecular flexibility index (Phi) is 4.90. The van der Waals surface area contributed by atoms with Crippen LogP contribution in [-0.2, 0) is 0 Å². The van der Waals surface area contributed by atoms with Crippen molar-refractivity contribution < 1.29 is 4.42 Å². The first kappa shape index (κ1) is 24.2. The second kappa shape index (κ2) is 9.11. The average Bonchev–Trinajstić information content (AvgIpc) is 3.76. The molecule has 10 aromatic rings. The highest BCUT2D eigenvalue weighted by Gasteiger charge is 2.19. The summed E-state index contributed by atoms with van der Waals surface area (Å²) in [6.07, 6.45) is 3.08. The monoisotopic (exact) mass is 577 g/mol. The summed E-state index contributed by atoms with van der Waals surface area (Å²) in [4.78, 5) is 12.9. The lowest BCUT2D eigenvalue weighted by Gasteiger charge is -2.10. The fraction of sp³-hybridized carbons (Fsp3) is 0. The largest absolute Gasteiger partial charge is 0.456 e. The third kappa shape index (κ3) is 3.42. The van der Waals surface area contributed by atoms with Crippen LogP contribution in [0.15, 0.2) is 144 Å². The van der Waals surface area contributed by atoms with E-state index in [-0.39, 0.29) is 0 Å². The minimum Gasteiger partial charge on any atom is -0.456 e. The molecule has 6 nitrogen and oxygen atoms in total. The van der Waals surface area contributed by atoms with Gasteiger partial charge < -0.3 is 8.98 Å². The molecule has 0 bridgehead atoms. The first-order valence-electron chi connectivity index (χ1n) is 14.9. The minimum atomic E-state index is 0.610. The summed E-state index contributed by atoms with van der Waals surface area (Å²) in [5.74, 6) is 0.610. The van der Waals surface area contributed by atoms with E-state index < -0.39 is 0 Å². The quantitative estimate of drug-likeness (QED) is 0.210. The smallest absolute Gasteiger partial charge is 0.237 e. The second-order valence-corrected chi connectivity index (χ2v) is 11.4. The highest BCUT2D eigenvalue weighted by Crippen LogP contribution is 2.40. The van der Waals surface area contributed by atoms with Gasteiger partial charge in [0.25, 0.3) is 0 Å². The van der Waals surface area contributed by atoms with E-state index in [0.717, 1.165) is 66.1 Å². The van der Waals surface area contributed by atoms with E-state index in [1.165, 1.54) is 16.3 Å². The maximum atomic E-state index is 6.26. The number of benzene rings is 6. The molecule has 0 unspecified atom stereocenters. The molecule has 10 rings (SSSR count). The molecule has 0 aliphatic heterocycles. The predicted molar refractivity (Wildman–Crippen MR) is 181 cm³/mol. The Morgan fingerprint density at radius 3 is 1.71 bits per heavy atom. The van der Waals surface area contributed by atoms with Crippen molar-refractivity contribution in [3.8, 4) is 22.8 Å². The number of furan rings is 1. The molecule has 210 valence electrons. The van der Waals surface area contributed by atoms with Crippen LogP contribution in [0.3, 0.4) is 0 Å². The van der Waals surface area contributed by atoms with Gasteiger partial charge in [-0.25, -0.2) is 15.0 Å². The fourth-order valence-corrected chi connectivity index (χ4v) is 7.07. The summed E-state index contributed by atoms with van der Waals surface area (Å²) >= 11 is 0. The van der Waals surface area contributed by atoms with E-state index in [1.807, 2.05) is 12.1 Å². The molecule has 4 aromatic heterocycles. The zero-order valence-corrected chi connectivity index (χ0v) is 23.9. The topological polar surface area (TPSA) is 61.7 Å². The predicted octanol–water partition coefficient (Wildman–Crippen LogP) is 9.63. The number of hydrogen-bond donors (Lipinski definition) is 0. The Hall–Kier alpha value is -6.27. The van der Waals surface area contributed by atoms with Gasteiger partial charge in [-0.1, -0.05) is 72.8 Å². The first-order valence-corrected chi connectivity index (χ1v) is 14.9. The molecule has 0 saturated heterocycles. The Labute approximate surface area is 256 Å². The summed E-state index contributed by atoms with van der Waals surface area (Å²) in [6.45, 7) is 0. The summed E-state index contributed by atoms with van der Waals surface area (Å²) < 4.78 is 10.7. The minimum absolute atomic E-state index is 0.610. The molecule has 6 aromatic carbocycles. The van der Waals surface area contributed by atoms with Crippen LogP contribution in [0.25, 0.3) is 88.3 Å². The van der Waals surface area contributed by atoms with Crippen LogP contribution < -0.4 is 0 Å². The highest BCUT2D eigenvalue weighted by molar-refractivity contribution is 6.15. The van der Waals surface area contributed by atoms with Crippen LogP contribution in [0.5, 0.6) is 0 Å². The van der Waals surface area contributed by atoms with Gasteiger partial charge in [0.2, 0.25) is 5.95 Å². The fourth-order valence-electron chi connectivity index (χ4n) is 7.07. The number of nitrogens with zero attached hydrogens (tertiary/aromatic N) is 5. The summed E-state index contributed by atoms with van der Waals surface area (Å²) in [6, 6.07) is 45.1. The lowest BCUT2D eigenvalue weighted by molar-refractivity contribution is 0.669. The van der Waals surface area contributed by atoms with Gasteiger partial charge in [0.1, 0.15) is 23.8 Å². The van der Waals surface area contributed by atoms with Crippen LogP contribution in [0.2, 0.25) is 0 Å². The van der Waals surface area contributed by atoms with Crippen molar-refractivity contribution >= 4 is 65.6 Å². The number of rotatable bonds is 3. The van der Waals surface area contributed by atoms with Gasteiger partial charge >= 0.3 is 0 Å². The van der Waals surface area contributed by atoms with Crippen LogP contribution in [0.1, 0.15) is 0 Å². The van der Waals surface area contributed by atoms with Gasteiger partial charge in [0.05, 0.1) is 33.1 Å². The van der Waals surface area contributed by atoms with Crippen molar-refractivity contribution in [1.29, 1.82) is 0 Å². The standard InChI is InChI=1S/C39H23N5O/c1-4-11-31-26(8-1)29-20-24(16-18-33(29)43(31)35-13-7-15-37-38(35)28-10-3-6-14-36(28)45-37)25-17-19-34-30(21-25)27-9-2-5-12-32(27)44(34)39-41-22-40-23-42-39/h1-23H. The van der Waals surface area contributed by atoms with Gasteiger partial charge in [-0.2, -0.15) is 0 Å². The highest BCUT2D eigenvalue weighted by atomic mass is 16.3. The molecule has 0 aliphatic rings. The lowest BCUT2D eigenvalue weighted by Crippen LogP contribution is -2.00. The van der Waals surface area contributed by atoms with Crippen LogP contribution in [-0.4, -0.2) is 24.1 Å². The van der Waals surface area contributed by atoms with Gasteiger partial charge in [-0.05, 0) is 65.7 Å². The first-order chi connectivity index (χ1) is 22.3. The van der Waals surface area contributed by atoms with E-state index in [9.17, 15) is 0 Å². The molecule has 0 amide bonds. The number of para-hydroxylation sites is 3. The molecule has 0 spiro atoms. The maximum Gasteiger partial charge on any atom is 0.237 e. The van der Waals surface area contributed by atoms with Crippen molar-refractivity contribution in [2.45, 2.75) is 0 Å². The molecule has 0 aliphatic carbocycles. The molecule has 0 radical (unpaired) electrons. The van der Waals surface area contributed by atoms with Gasteiger partial charge in [0.15, 0.2) is 0 Å². The van der Waals surface area contributed by atoms with E-state index >= 15 is 0 Å². The molecular weight excluding hydrogens is 554 g/mol. The van der Waals surface area contributed by atoms with E-state index in [0.29, 0.717) is 5.95 Å². The van der Waals surface area contributed by atoms with Gasteiger partial charge in [-0.3, -0.25) is 4.57 Å². The maximum absolute atomic E-state index is 6.26. The Bertz CT molecular complexity index is 2770. The molecule has 0 atom stereocenters. The summed E-state index contributed by atoms with van der Waals surface area (Å²) in [7, 11) is 0. The van der Waals surface area contributed by atoms with Crippen LogP contribution in [0.4, 0.5) is 0 Å². The van der Waals surface area contributed by atoms with Crippen molar-refractivity contribution in [3.05, 3.63) is 140 Å². The van der Waals surface area contributed by atoms with Gasteiger partial charge in [-0.15, -0.1) is 0 Å².